The van der Waals surface area contributed by atoms with Crippen molar-refractivity contribution >= 4 is 10.0 Å². The highest BCUT2D eigenvalue weighted by atomic mass is 32.2. The van der Waals surface area contributed by atoms with E-state index >= 15 is 0 Å². The smallest absolute Gasteiger partial charge is 0.227 e. The van der Waals surface area contributed by atoms with Crippen LogP contribution in [0, 0.1) is 6.92 Å². The summed E-state index contributed by atoms with van der Waals surface area (Å²) in [7, 11) is -3.44. The molecule has 2 rings (SSSR count). The van der Waals surface area contributed by atoms with Gasteiger partial charge in [-0.3, -0.25) is 0 Å². The van der Waals surface area contributed by atoms with Crippen LogP contribution in [-0.4, -0.2) is 30.2 Å². The maximum Gasteiger partial charge on any atom is 0.227 e. The Morgan fingerprint density at radius 1 is 1.33 bits per heavy atom. The summed E-state index contributed by atoms with van der Waals surface area (Å²) in [6, 6.07) is 6.83. The van der Waals surface area contributed by atoms with Crippen molar-refractivity contribution in [1.82, 2.24) is 14.9 Å². The number of benzene rings is 1. The van der Waals surface area contributed by atoms with Crippen molar-refractivity contribution in [3.63, 3.8) is 0 Å². The van der Waals surface area contributed by atoms with Crippen LogP contribution in [0.1, 0.15) is 22.8 Å². The molecule has 0 radical (unpaired) electrons. The minimum atomic E-state index is -3.44. The molecule has 7 nitrogen and oxygen atoms in total. The highest BCUT2D eigenvalue weighted by Crippen LogP contribution is 2.08. The molecule has 0 aliphatic carbocycles. The highest BCUT2D eigenvalue weighted by molar-refractivity contribution is 7.88. The van der Waals surface area contributed by atoms with E-state index in [4.69, 9.17) is 9.63 Å². The van der Waals surface area contributed by atoms with Gasteiger partial charge in [-0.05, 0) is 18.1 Å². The van der Waals surface area contributed by atoms with Crippen LogP contribution in [0.3, 0.4) is 0 Å². The van der Waals surface area contributed by atoms with Gasteiger partial charge in [-0.25, -0.2) is 13.1 Å². The normalized spacial score (nSPS) is 11.7. The molecular formula is C13H17N3O4S. The summed E-state index contributed by atoms with van der Waals surface area (Å²) in [4.78, 5) is 4.00. The lowest BCUT2D eigenvalue weighted by atomic mass is 10.1. The van der Waals surface area contributed by atoms with E-state index < -0.39 is 10.0 Å². The van der Waals surface area contributed by atoms with E-state index in [2.05, 4.69) is 14.9 Å². The summed E-state index contributed by atoms with van der Waals surface area (Å²) < 4.78 is 31.3. The van der Waals surface area contributed by atoms with Gasteiger partial charge in [0, 0.05) is 13.0 Å². The summed E-state index contributed by atoms with van der Waals surface area (Å²) >= 11 is 0. The zero-order valence-electron chi connectivity index (χ0n) is 11.6. The van der Waals surface area contributed by atoms with Crippen LogP contribution in [0.25, 0.3) is 0 Å². The molecule has 114 valence electrons. The molecular weight excluding hydrogens is 294 g/mol. The summed E-state index contributed by atoms with van der Waals surface area (Å²) in [5.74, 6) is 0.787. The lowest BCUT2D eigenvalue weighted by molar-refractivity contribution is 0.282. The Hall–Kier alpha value is -1.77. The van der Waals surface area contributed by atoms with Crippen molar-refractivity contribution < 1.29 is 18.0 Å². The number of aryl methyl sites for hydroxylation is 1. The van der Waals surface area contributed by atoms with E-state index in [-0.39, 0.29) is 18.9 Å². The average molecular weight is 311 g/mol. The number of aliphatic hydroxyl groups excluding tert-OH is 1. The van der Waals surface area contributed by atoms with Gasteiger partial charge in [0.25, 0.3) is 0 Å². The number of hydrogen-bond donors (Lipinski definition) is 2. The van der Waals surface area contributed by atoms with Crippen LogP contribution in [0.15, 0.2) is 28.8 Å². The van der Waals surface area contributed by atoms with Gasteiger partial charge in [0.15, 0.2) is 5.82 Å². The molecule has 2 N–H and O–H groups in total. The Morgan fingerprint density at radius 2 is 2.10 bits per heavy atom. The largest absolute Gasteiger partial charge is 0.392 e. The molecule has 8 heteroatoms. The predicted molar refractivity (Wildman–Crippen MR) is 75.7 cm³/mol. The molecule has 1 heterocycles. The number of aliphatic hydroxyl groups is 1. The second kappa shape index (κ2) is 6.79. The molecule has 0 amide bonds. The topological polar surface area (TPSA) is 105 Å². The molecule has 0 aliphatic heterocycles. The Bertz CT molecular complexity index is 697. The van der Waals surface area contributed by atoms with Crippen molar-refractivity contribution in [1.29, 1.82) is 0 Å². The first kappa shape index (κ1) is 15.6. The first-order valence-electron chi connectivity index (χ1n) is 6.44. The van der Waals surface area contributed by atoms with Crippen molar-refractivity contribution in [2.45, 2.75) is 25.7 Å². The molecule has 0 fully saturated rings. The molecule has 0 atom stereocenters. The van der Waals surface area contributed by atoms with Gasteiger partial charge in [-0.2, -0.15) is 4.98 Å². The number of nitrogens with one attached hydrogen (secondary N) is 1. The van der Waals surface area contributed by atoms with Gasteiger partial charge in [0.1, 0.15) is 0 Å². The fourth-order valence-electron chi connectivity index (χ4n) is 1.84. The minimum absolute atomic E-state index is 0.113. The van der Waals surface area contributed by atoms with Gasteiger partial charge in [0.05, 0.1) is 12.4 Å². The molecule has 0 saturated carbocycles. The zero-order chi connectivity index (χ0) is 15.3. The summed E-state index contributed by atoms with van der Waals surface area (Å²) in [6.45, 7) is 1.78. The lowest BCUT2D eigenvalue weighted by Crippen LogP contribution is -2.27. The van der Waals surface area contributed by atoms with Crippen molar-refractivity contribution in [2.75, 3.05) is 6.54 Å². The van der Waals surface area contributed by atoms with Gasteiger partial charge in [-0.1, -0.05) is 29.4 Å². The fourth-order valence-corrected chi connectivity index (χ4v) is 2.98. The monoisotopic (exact) mass is 311 g/mol. The molecule has 1 aromatic carbocycles. The maximum absolute atomic E-state index is 12.0. The maximum atomic E-state index is 12.0. The number of rotatable bonds is 7. The van der Waals surface area contributed by atoms with Crippen LogP contribution in [-0.2, 0) is 28.8 Å². The Morgan fingerprint density at radius 3 is 2.76 bits per heavy atom. The van der Waals surface area contributed by atoms with E-state index in [9.17, 15) is 8.42 Å². The van der Waals surface area contributed by atoms with Gasteiger partial charge in [-0.15, -0.1) is 0 Å². The third kappa shape index (κ3) is 4.92. The Labute approximate surface area is 123 Å². The third-order valence-corrected chi connectivity index (χ3v) is 4.12. The highest BCUT2D eigenvalue weighted by Gasteiger charge is 2.12. The molecule has 0 saturated heterocycles. The molecule has 0 unspecified atom stereocenters. The van der Waals surface area contributed by atoms with E-state index in [1.54, 1.807) is 31.2 Å². The van der Waals surface area contributed by atoms with Gasteiger partial charge in [0.2, 0.25) is 15.9 Å². The van der Waals surface area contributed by atoms with Crippen molar-refractivity contribution in [3.8, 4) is 0 Å². The van der Waals surface area contributed by atoms with Crippen LogP contribution in [0.2, 0.25) is 0 Å². The SMILES string of the molecule is Cc1noc(CCNS(=O)(=O)Cc2cccc(CO)c2)n1. The van der Waals surface area contributed by atoms with Gasteiger partial charge < -0.3 is 9.63 Å². The minimum Gasteiger partial charge on any atom is -0.392 e. The van der Waals surface area contributed by atoms with Crippen molar-refractivity contribution in [2.24, 2.45) is 0 Å². The van der Waals surface area contributed by atoms with Crippen LogP contribution >= 0.6 is 0 Å². The number of sulfonamides is 1. The molecule has 0 bridgehead atoms. The average Bonchev–Trinajstić information content (AvgIpc) is 2.84. The molecule has 1 aromatic heterocycles. The fraction of sp³-hybridized carbons (Fsp3) is 0.385. The van der Waals surface area contributed by atoms with E-state index in [0.717, 1.165) is 0 Å². The Balaban J connectivity index is 1.89. The van der Waals surface area contributed by atoms with E-state index in [1.807, 2.05) is 0 Å². The second-order valence-electron chi connectivity index (χ2n) is 4.62. The summed E-state index contributed by atoms with van der Waals surface area (Å²) in [5.41, 5.74) is 1.31. The second-order valence-corrected chi connectivity index (χ2v) is 6.42. The summed E-state index contributed by atoms with van der Waals surface area (Å²) in [5, 5.41) is 12.7. The zero-order valence-corrected chi connectivity index (χ0v) is 12.4. The number of nitrogens with zero attached hydrogens (tertiary/aromatic N) is 2. The van der Waals surface area contributed by atoms with E-state index in [1.165, 1.54) is 0 Å². The van der Waals surface area contributed by atoms with E-state index in [0.29, 0.717) is 29.3 Å². The molecule has 0 aliphatic rings. The number of aromatic nitrogens is 2. The quantitative estimate of drug-likeness (QED) is 0.773. The third-order valence-electron chi connectivity index (χ3n) is 2.76. The molecule has 0 spiro atoms. The first-order chi connectivity index (χ1) is 9.98. The van der Waals surface area contributed by atoms with Crippen LogP contribution in [0.5, 0.6) is 0 Å². The summed E-state index contributed by atoms with van der Waals surface area (Å²) in [6.07, 6.45) is 0.344. The lowest BCUT2D eigenvalue weighted by Gasteiger charge is -2.06. The molecule has 2 aromatic rings. The van der Waals surface area contributed by atoms with Crippen LogP contribution in [0.4, 0.5) is 0 Å². The number of hydrogen-bond acceptors (Lipinski definition) is 6. The van der Waals surface area contributed by atoms with Crippen LogP contribution < -0.4 is 4.72 Å². The Kier molecular flexibility index (Phi) is 5.05. The van der Waals surface area contributed by atoms with Crippen molar-refractivity contribution in [3.05, 3.63) is 47.1 Å². The standard InChI is InChI=1S/C13H17N3O4S/c1-10-15-13(20-16-10)5-6-14-21(18,19)9-12-4-2-3-11(7-12)8-17/h2-4,7,14,17H,5-6,8-9H2,1H3. The van der Waals surface area contributed by atoms with Gasteiger partial charge >= 0.3 is 0 Å². The predicted octanol–water partition coefficient (Wildman–Crippen LogP) is 0.532. The molecule has 21 heavy (non-hydrogen) atoms. The first-order valence-corrected chi connectivity index (χ1v) is 8.09.